The standard InChI is InChI=1S/C14H20N2O2S/c1-3-11(9-13(15)19)16-14(17)8-10-4-6-12(18-2)7-5-10/h4-7,11H,3,8-9H2,1-2H3,(H2,15,19)(H,16,17). The molecule has 104 valence electrons. The number of methoxy groups -OCH3 is 1. The molecule has 1 aromatic carbocycles. The van der Waals surface area contributed by atoms with Crippen LogP contribution in [0.15, 0.2) is 24.3 Å². The van der Waals surface area contributed by atoms with Crippen LogP contribution in [0.3, 0.4) is 0 Å². The number of nitrogens with one attached hydrogen (secondary N) is 1. The van der Waals surface area contributed by atoms with Gasteiger partial charge in [0.2, 0.25) is 5.91 Å². The molecule has 1 amide bonds. The predicted molar refractivity (Wildman–Crippen MR) is 80.3 cm³/mol. The van der Waals surface area contributed by atoms with Crippen molar-refractivity contribution in [1.29, 1.82) is 0 Å². The lowest BCUT2D eigenvalue weighted by atomic mass is 10.1. The molecule has 5 heteroatoms. The van der Waals surface area contributed by atoms with Crippen LogP contribution in [0, 0.1) is 0 Å². The average molecular weight is 280 g/mol. The molecule has 4 nitrogen and oxygen atoms in total. The second kappa shape index (κ2) is 7.74. The Bertz CT molecular complexity index is 432. The minimum Gasteiger partial charge on any atom is -0.497 e. The second-order valence-corrected chi connectivity index (χ2v) is 4.89. The van der Waals surface area contributed by atoms with Crippen molar-refractivity contribution >= 4 is 23.1 Å². The van der Waals surface area contributed by atoms with Crippen LogP contribution in [-0.4, -0.2) is 24.0 Å². The van der Waals surface area contributed by atoms with E-state index in [1.54, 1.807) is 7.11 Å². The Hall–Kier alpha value is -1.62. The molecular formula is C14H20N2O2S. The Morgan fingerprint density at radius 2 is 2.05 bits per heavy atom. The van der Waals surface area contributed by atoms with E-state index in [1.165, 1.54) is 0 Å². The molecule has 0 bridgehead atoms. The molecule has 0 saturated heterocycles. The van der Waals surface area contributed by atoms with Gasteiger partial charge in [0.15, 0.2) is 0 Å². The van der Waals surface area contributed by atoms with Crippen molar-refractivity contribution in [1.82, 2.24) is 5.32 Å². The van der Waals surface area contributed by atoms with Gasteiger partial charge >= 0.3 is 0 Å². The summed E-state index contributed by atoms with van der Waals surface area (Å²) in [5.74, 6) is 0.761. The van der Waals surface area contributed by atoms with E-state index in [-0.39, 0.29) is 11.9 Å². The first kappa shape index (κ1) is 15.4. The smallest absolute Gasteiger partial charge is 0.224 e. The predicted octanol–water partition coefficient (Wildman–Crippen LogP) is 1.81. The monoisotopic (exact) mass is 280 g/mol. The first-order valence-electron chi connectivity index (χ1n) is 6.25. The summed E-state index contributed by atoms with van der Waals surface area (Å²) in [5.41, 5.74) is 6.44. The fraction of sp³-hybridized carbons (Fsp3) is 0.429. The van der Waals surface area contributed by atoms with Crippen LogP contribution in [-0.2, 0) is 11.2 Å². The molecule has 0 aliphatic carbocycles. The summed E-state index contributed by atoms with van der Waals surface area (Å²) < 4.78 is 5.07. The molecule has 0 radical (unpaired) electrons. The third kappa shape index (κ3) is 5.70. The van der Waals surface area contributed by atoms with Gasteiger partial charge in [-0.2, -0.15) is 0 Å². The molecule has 0 fully saturated rings. The van der Waals surface area contributed by atoms with Crippen LogP contribution in [0.1, 0.15) is 25.3 Å². The zero-order chi connectivity index (χ0) is 14.3. The fourth-order valence-corrected chi connectivity index (χ4v) is 1.95. The van der Waals surface area contributed by atoms with Crippen molar-refractivity contribution in [2.75, 3.05) is 7.11 Å². The lowest BCUT2D eigenvalue weighted by Gasteiger charge is -2.16. The van der Waals surface area contributed by atoms with Crippen LogP contribution in [0.5, 0.6) is 5.75 Å². The Balaban J connectivity index is 2.51. The third-order valence-electron chi connectivity index (χ3n) is 2.83. The zero-order valence-electron chi connectivity index (χ0n) is 11.3. The maximum atomic E-state index is 11.9. The molecule has 1 unspecified atom stereocenters. The van der Waals surface area contributed by atoms with Crippen molar-refractivity contribution in [3.8, 4) is 5.75 Å². The summed E-state index contributed by atoms with van der Waals surface area (Å²) in [6, 6.07) is 7.47. The van der Waals surface area contributed by atoms with Crippen molar-refractivity contribution in [2.45, 2.75) is 32.2 Å². The zero-order valence-corrected chi connectivity index (χ0v) is 12.1. The number of hydrogen-bond donors (Lipinski definition) is 2. The van der Waals surface area contributed by atoms with Crippen molar-refractivity contribution in [2.24, 2.45) is 5.73 Å². The van der Waals surface area contributed by atoms with Gasteiger partial charge in [0.25, 0.3) is 0 Å². The maximum absolute atomic E-state index is 11.9. The van der Waals surface area contributed by atoms with E-state index in [4.69, 9.17) is 22.7 Å². The van der Waals surface area contributed by atoms with Crippen LogP contribution in [0.2, 0.25) is 0 Å². The molecular weight excluding hydrogens is 260 g/mol. The fourth-order valence-electron chi connectivity index (χ4n) is 1.75. The second-order valence-electron chi connectivity index (χ2n) is 4.37. The highest BCUT2D eigenvalue weighted by Crippen LogP contribution is 2.11. The van der Waals surface area contributed by atoms with Crippen LogP contribution in [0.25, 0.3) is 0 Å². The van der Waals surface area contributed by atoms with E-state index in [2.05, 4.69) is 5.32 Å². The molecule has 3 N–H and O–H groups in total. The normalized spacial score (nSPS) is 11.7. The Morgan fingerprint density at radius 3 is 2.53 bits per heavy atom. The minimum atomic E-state index is -0.0201. The number of thiocarbonyl (C=S) groups is 1. The van der Waals surface area contributed by atoms with Crippen molar-refractivity contribution < 1.29 is 9.53 Å². The van der Waals surface area contributed by atoms with E-state index in [1.807, 2.05) is 31.2 Å². The highest BCUT2D eigenvalue weighted by Gasteiger charge is 2.11. The molecule has 0 saturated carbocycles. The van der Waals surface area contributed by atoms with E-state index in [9.17, 15) is 4.79 Å². The molecule has 1 rings (SSSR count). The number of benzene rings is 1. The van der Waals surface area contributed by atoms with Crippen LogP contribution < -0.4 is 15.8 Å². The van der Waals surface area contributed by atoms with Gasteiger partial charge in [0, 0.05) is 12.5 Å². The Morgan fingerprint density at radius 1 is 1.42 bits per heavy atom. The van der Waals surface area contributed by atoms with Gasteiger partial charge in [0.1, 0.15) is 5.75 Å². The van der Waals surface area contributed by atoms with Gasteiger partial charge < -0.3 is 15.8 Å². The van der Waals surface area contributed by atoms with E-state index in [0.717, 1.165) is 17.7 Å². The number of carbonyl (C=O) groups excluding carboxylic acids is 1. The van der Waals surface area contributed by atoms with Gasteiger partial charge in [-0.3, -0.25) is 4.79 Å². The highest BCUT2D eigenvalue weighted by atomic mass is 32.1. The molecule has 1 aromatic rings. The SMILES string of the molecule is CCC(CC(N)=S)NC(=O)Cc1ccc(OC)cc1. The number of nitrogens with two attached hydrogens (primary N) is 1. The van der Waals surface area contributed by atoms with E-state index >= 15 is 0 Å². The molecule has 0 aromatic heterocycles. The summed E-state index contributed by atoms with van der Waals surface area (Å²) in [5, 5.41) is 2.94. The Labute approximate surface area is 119 Å². The summed E-state index contributed by atoms with van der Waals surface area (Å²) in [6.45, 7) is 2.00. The lowest BCUT2D eigenvalue weighted by molar-refractivity contribution is -0.121. The van der Waals surface area contributed by atoms with Gasteiger partial charge in [-0.25, -0.2) is 0 Å². The first-order valence-corrected chi connectivity index (χ1v) is 6.66. The molecule has 0 aliphatic heterocycles. The van der Waals surface area contributed by atoms with Gasteiger partial charge in [-0.15, -0.1) is 0 Å². The quantitative estimate of drug-likeness (QED) is 0.748. The van der Waals surface area contributed by atoms with Crippen molar-refractivity contribution in [3.63, 3.8) is 0 Å². The van der Waals surface area contributed by atoms with Crippen LogP contribution in [0.4, 0.5) is 0 Å². The molecule has 0 spiro atoms. The van der Waals surface area contributed by atoms with Gasteiger partial charge in [-0.05, 0) is 24.1 Å². The molecule has 19 heavy (non-hydrogen) atoms. The number of rotatable bonds is 7. The molecule has 1 atom stereocenters. The number of ether oxygens (including phenoxy) is 1. The largest absolute Gasteiger partial charge is 0.497 e. The average Bonchev–Trinajstić information content (AvgIpc) is 2.38. The van der Waals surface area contributed by atoms with Gasteiger partial charge in [0.05, 0.1) is 18.5 Å². The van der Waals surface area contributed by atoms with Crippen molar-refractivity contribution in [3.05, 3.63) is 29.8 Å². The number of hydrogen-bond acceptors (Lipinski definition) is 3. The van der Waals surface area contributed by atoms with Crippen LogP contribution >= 0.6 is 12.2 Å². The topological polar surface area (TPSA) is 64.3 Å². The lowest BCUT2D eigenvalue weighted by Crippen LogP contribution is -2.37. The first-order chi connectivity index (χ1) is 9.05. The Kier molecular flexibility index (Phi) is 6.29. The maximum Gasteiger partial charge on any atom is 0.224 e. The number of amides is 1. The molecule has 0 heterocycles. The van der Waals surface area contributed by atoms with Gasteiger partial charge in [-0.1, -0.05) is 31.3 Å². The third-order valence-corrected chi connectivity index (χ3v) is 3.00. The van der Waals surface area contributed by atoms with E-state index in [0.29, 0.717) is 17.8 Å². The van der Waals surface area contributed by atoms with E-state index < -0.39 is 0 Å². The summed E-state index contributed by atoms with van der Waals surface area (Å²) in [7, 11) is 1.61. The minimum absolute atomic E-state index is 0.0169. The number of carbonyl (C=O) groups is 1. The highest BCUT2D eigenvalue weighted by molar-refractivity contribution is 7.80. The molecule has 0 aliphatic rings. The summed E-state index contributed by atoms with van der Waals surface area (Å²) >= 11 is 4.86. The summed E-state index contributed by atoms with van der Waals surface area (Å²) in [6.07, 6.45) is 1.70. The summed E-state index contributed by atoms with van der Waals surface area (Å²) in [4.78, 5) is 12.3.